The Hall–Kier alpha value is -0.200. The molecule has 0 aromatic rings. The van der Waals surface area contributed by atoms with Crippen LogP contribution in [0.3, 0.4) is 0 Å². The molecule has 0 amide bonds. The third kappa shape index (κ3) is 7.80. The number of hydrogen-bond acceptors (Lipinski definition) is 2. The number of terminal acetylenes is 1. The van der Waals surface area contributed by atoms with Gasteiger partial charge in [0.15, 0.2) is 0 Å². The summed E-state index contributed by atoms with van der Waals surface area (Å²) in [5.74, 6) is 4.23. The average molecular weight is 161 g/mol. The number of hydrogen-bond donors (Lipinski definition) is 1. The summed E-state index contributed by atoms with van der Waals surface area (Å²) < 4.78 is 11.5. The van der Waals surface area contributed by atoms with Crippen LogP contribution < -0.4 is 5.32 Å². The molecule has 0 saturated heterocycles. The van der Waals surface area contributed by atoms with Crippen molar-refractivity contribution in [3.8, 4) is 12.3 Å². The third-order valence-corrected chi connectivity index (χ3v) is 1.74. The molecule has 0 atom stereocenters. The van der Waals surface area contributed by atoms with Crippen LogP contribution in [0.1, 0.15) is 0 Å². The quantitative estimate of drug-likeness (QED) is 0.459. The lowest BCUT2D eigenvalue weighted by Gasteiger charge is -1.98. The molecule has 0 aromatic heterocycles. The van der Waals surface area contributed by atoms with E-state index in [1.165, 1.54) is 0 Å². The van der Waals surface area contributed by atoms with Crippen molar-refractivity contribution in [3.05, 3.63) is 0 Å². The van der Waals surface area contributed by atoms with Crippen molar-refractivity contribution >= 4 is 11.8 Å². The molecule has 0 bridgehead atoms. The minimum Gasteiger partial charge on any atom is -0.313 e. The van der Waals surface area contributed by atoms with Crippen LogP contribution in [-0.4, -0.2) is 31.3 Å². The van der Waals surface area contributed by atoms with Crippen LogP contribution in [0.15, 0.2) is 0 Å². The van der Waals surface area contributed by atoms with Crippen LogP contribution in [0.5, 0.6) is 0 Å². The maximum atomic E-state index is 11.5. The predicted molar refractivity (Wildman–Crippen MR) is 45.0 cm³/mol. The van der Waals surface area contributed by atoms with Crippen LogP contribution >= 0.6 is 11.8 Å². The van der Waals surface area contributed by atoms with Crippen LogP contribution in [0.4, 0.5) is 4.39 Å². The van der Waals surface area contributed by atoms with Crippen molar-refractivity contribution in [2.24, 2.45) is 0 Å². The number of nitrogens with one attached hydrogen (secondary N) is 1. The van der Waals surface area contributed by atoms with Crippen molar-refractivity contribution < 1.29 is 4.39 Å². The summed E-state index contributed by atoms with van der Waals surface area (Å²) in [6.45, 7) is 1.01. The Kier molecular flexibility index (Phi) is 8.62. The maximum absolute atomic E-state index is 11.5. The number of thioether (sulfide) groups is 1. The second-order valence-electron chi connectivity index (χ2n) is 1.70. The summed E-state index contributed by atoms with van der Waals surface area (Å²) in [6, 6.07) is 0. The van der Waals surface area contributed by atoms with E-state index in [0.29, 0.717) is 6.54 Å². The Morgan fingerprint density at radius 2 is 2.30 bits per heavy atom. The third-order valence-electron chi connectivity index (χ3n) is 0.880. The molecule has 0 saturated carbocycles. The molecule has 0 radical (unpaired) electrons. The van der Waals surface area contributed by atoms with Gasteiger partial charge in [-0.2, -0.15) is 0 Å². The van der Waals surface area contributed by atoms with E-state index in [2.05, 4.69) is 11.2 Å². The van der Waals surface area contributed by atoms with Gasteiger partial charge in [0.1, 0.15) is 6.67 Å². The van der Waals surface area contributed by atoms with Crippen molar-refractivity contribution in [1.29, 1.82) is 0 Å². The van der Waals surface area contributed by atoms with Crippen LogP contribution in [0, 0.1) is 12.3 Å². The Morgan fingerprint density at radius 1 is 1.50 bits per heavy atom. The molecule has 0 aliphatic rings. The highest BCUT2D eigenvalue weighted by molar-refractivity contribution is 7.99. The van der Waals surface area contributed by atoms with E-state index in [0.717, 1.165) is 18.1 Å². The second kappa shape index (κ2) is 8.80. The Balaban J connectivity index is 2.72. The highest BCUT2D eigenvalue weighted by Crippen LogP contribution is 1.94. The standard InChI is InChI=1S/C7H12FNS/c1-2-6-10-7-5-9-4-3-8/h1,9H,3-7H2. The van der Waals surface area contributed by atoms with Gasteiger partial charge in [-0.1, -0.05) is 5.92 Å². The molecule has 0 unspecified atom stereocenters. The molecule has 58 valence electrons. The molecule has 1 N–H and O–H groups in total. The van der Waals surface area contributed by atoms with Gasteiger partial charge in [-0.15, -0.1) is 18.2 Å². The lowest BCUT2D eigenvalue weighted by Crippen LogP contribution is -2.19. The van der Waals surface area contributed by atoms with Gasteiger partial charge in [0, 0.05) is 18.8 Å². The number of rotatable bonds is 6. The average Bonchev–Trinajstić information content (AvgIpc) is 1.97. The van der Waals surface area contributed by atoms with Crippen molar-refractivity contribution in [1.82, 2.24) is 5.32 Å². The lowest BCUT2D eigenvalue weighted by atomic mass is 10.6. The first-order chi connectivity index (χ1) is 4.91. The Morgan fingerprint density at radius 3 is 2.90 bits per heavy atom. The molecule has 0 rings (SSSR count). The first-order valence-electron chi connectivity index (χ1n) is 3.19. The maximum Gasteiger partial charge on any atom is 0.102 e. The molecule has 0 aliphatic heterocycles. The first kappa shape index (κ1) is 9.80. The highest BCUT2D eigenvalue weighted by Gasteiger charge is 1.85. The molecule has 3 heteroatoms. The fraction of sp³-hybridized carbons (Fsp3) is 0.714. The summed E-state index contributed by atoms with van der Waals surface area (Å²) >= 11 is 1.68. The molecule has 1 nitrogen and oxygen atoms in total. The van der Waals surface area contributed by atoms with E-state index in [1.807, 2.05) is 0 Å². The molecule has 0 spiro atoms. The molecule has 0 aromatic carbocycles. The summed E-state index contributed by atoms with van der Waals surface area (Å²) in [5.41, 5.74) is 0. The summed E-state index contributed by atoms with van der Waals surface area (Å²) in [7, 11) is 0. The summed E-state index contributed by atoms with van der Waals surface area (Å²) in [6.07, 6.45) is 5.02. The fourth-order valence-corrected chi connectivity index (χ4v) is 1.02. The van der Waals surface area contributed by atoms with E-state index in [-0.39, 0.29) is 6.67 Å². The minimum absolute atomic E-state index is 0.292. The Labute approximate surface area is 65.8 Å². The summed E-state index contributed by atoms with van der Waals surface area (Å²) in [4.78, 5) is 0. The summed E-state index contributed by atoms with van der Waals surface area (Å²) in [5, 5.41) is 2.93. The molecular formula is C7H12FNS. The Bertz CT molecular complexity index is 100. The van der Waals surface area contributed by atoms with Gasteiger partial charge in [0.05, 0.1) is 5.75 Å². The van der Waals surface area contributed by atoms with E-state index in [4.69, 9.17) is 6.42 Å². The van der Waals surface area contributed by atoms with E-state index >= 15 is 0 Å². The van der Waals surface area contributed by atoms with E-state index in [9.17, 15) is 4.39 Å². The first-order valence-corrected chi connectivity index (χ1v) is 4.35. The van der Waals surface area contributed by atoms with E-state index < -0.39 is 0 Å². The predicted octanol–water partition coefficient (Wildman–Crippen LogP) is 0.912. The van der Waals surface area contributed by atoms with Gasteiger partial charge in [-0.05, 0) is 0 Å². The molecule has 0 aliphatic carbocycles. The fourth-order valence-electron chi connectivity index (χ4n) is 0.467. The minimum atomic E-state index is -0.292. The number of alkyl halides is 1. The molecule has 0 fully saturated rings. The van der Waals surface area contributed by atoms with Gasteiger partial charge in [0.2, 0.25) is 0 Å². The van der Waals surface area contributed by atoms with Gasteiger partial charge >= 0.3 is 0 Å². The highest BCUT2D eigenvalue weighted by atomic mass is 32.2. The molecule has 0 heterocycles. The van der Waals surface area contributed by atoms with Crippen LogP contribution in [0.25, 0.3) is 0 Å². The normalized spacial score (nSPS) is 9.20. The van der Waals surface area contributed by atoms with Gasteiger partial charge in [-0.25, -0.2) is 4.39 Å². The zero-order chi connectivity index (χ0) is 7.66. The molecule has 10 heavy (non-hydrogen) atoms. The largest absolute Gasteiger partial charge is 0.313 e. The van der Waals surface area contributed by atoms with Crippen molar-refractivity contribution in [3.63, 3.8) is 0 Å². The lowest BCUT2D eigenvalue weighted by molar-refractivity contribution is 0.472. The SMILES string of the molecule is C#CCSCCNCCF. The molecular weight excluding hydrogens is 149 g/mol. The zero-order valence-electron chi connectivity index (χ0n) is 5.90. The monoisotopic (exact) mass is 161 g/mol. The van der Waals surface area contributed by atoms with Crippen LogP contribution in [-0.2, 0) is 0 Å². The number of halogens is 1. The van der Waals surface area contributed by atoms with Gasteiger partial charge < -0.3 is 5.32 Å². The zero-order valence-corrected chi connectivity index (χ0v) is 6.72. The topological polar surface area (TPSA) is 12.0 Å². The van der Waals surface area contributed by atoms with E-state index in [1.54, 1.807) is 11.8 Å². The second-order valence-corrected chi connectivity index (χ2v) is 2.80. The van der Waals surface area contributed by atoms with Crippen LogP contribution in [0.2, 0.25) is 0 Å². The van der Waals surface area contributed by atoms with Crippen molar-refractivity contribution in [2.75, 3.05) is 31.3 Å². The van der Waals surface area contributed by atoms with Crippen molar-refractivity contribution in [2.45, 2.75) is 0 Å². The van der Waals surface area contributed by atoms with Gasteiger partial charge in [0.25, 0.3) is 0 Å². The smallest absolute Gasteiger partial charge is 0.102 e. The van der Waals surface area contributed by atoms with Gasteiger partial charge in [-0.3, -0.25) is 0 Å².